The van der Waals surface area contributed by atoms with Gasteiger partial charge < -0.3 is 0 Å². The molecule has 0 spiro atoms. The van der Waals surface area contributed by atoms with E-state index < -0.39 is 26.4 Å². The molecular formula is C9H7I2N2O3-. The molecule has 0 amide bonds. The Bertz CT molecular complexity index is 460. The summed E-state index contributed by atoms with van der Waals surface area (Å²) in [6.45, 7) is 1.80. The maximum absolute atomic E-state index is 11.0. The fraction of sp³-hybridized carbons (Fsp3) is 0.111. The van der Waals surface area contributed by atoms with Crippen LogP contribution in [0.5, 0.6) is 0 Å². The molecule has 0 atom stereocenters. The summed E-state index contributed by atoms with van der Waals surface area (Å²) in [5.74, 6) is 0. The van der Waals surface area contributed by atoms with E-state index in [4.69, 9.17) is 0 Å². The number of rotatable bonds is 4. The van der Waals surface area contributed by atoms with E-state index in [9.17, 15) is 15.0 Å². The molecule has 16 heavy (non-hydrogen) atoms. The van der Waals surface area contributed by atoms with Gasteiger partial charge in [-0.1, -0.05) is 0 Å². The van der Waals surface area contributed by atoms with Crippen molar-refractivity contribution in [1.82, 2.24) is 0 Å². The van der Waals surface area contributed by atoms with Gasteiger partial charge in [0.05, 0.1) is 0 Å². The molecule has 0 bridgehead atoms. The number of nitro groups is 1. The standard InChI is InChI=1S/C9H7I2N2O3/c1-6-4-2-3-5-7(6)8(13(15)16)9(10)11-12-14/h2-5H,1H3/q-1/b9-8+. The van der Waals surface area contributed by atoms with Crippen LogP contribution in [0.2, 0.25) is 0 Å². The van der Waals surface area contributed by atoms with Crippen LogP contribution in [0.25, 0.3) is 5.70 Å². The summed E-state index contributed by atoms with van der Waals surface area (Å²) in [7, 11) is 0. The first-order chi connectivity index (χ1) is 7.57. The molecule has 0 saturated heterocycles. The van der Waals surface area contributed by atoms with Gasteiger partial charge in [-0.3, -0.25) is 0 Å². The molecule has 1 aromatic carbocycles. The Morgan fingerprint density at radius 2 is 2.12 bits per heavy atom. The van der Waals surface area contributed by atoms with Gasteiger partial charge in [-0.25, -0.2) is 0 Å². The van der Waals surface area contributed by atoms with Gasteiger partial charge in [0, 0.05) is 0 Å². The number of nitroso groups, excluding NO2 is 1. The quantitative estimate of drug-likeness (QED) is 0.286. The van der Waals surface area contributed by atoms with Gasteiger partial charge in [-0.2, -0.15) is 0 Å². The topological polar surface area (TPSA) is 72.6 Å². The first-order valence-electron chi connectivity index (χ1n) is 4.15. The Hall–Kier alpha value is -0.580. The van der Waals surface area contributed by atoms with Crippen molar-refractivity contribution in [3.63, 3.8) is 0 Å². The zero-order chi connectivity index (χ0) is 12.1. The van der Waals surface area contributed by atoms with Gasteiger partial charge in [-0.05, 0) is 0 Å². The summed E-state index contributed by atoms with van der Waals surface area (Å²) in [5.41, 5.74) is 1.38. The van der Waals surface area contributed by atoms with Crippen LogP contribution in [0.3, 0.4) is 0 Å². The third kappa shape index (κ3) is 3.20. The van der Waals surface area contributed by atoms with E-state index in [2.05, 4.69) is 3.39 Å². The summed E-state index contributed by atoms with van der Waals surface area (Å²) in [6, 6.07) is 7.04. The van der Waals surface area contributed by atoms with Gasteiger partial charge in [0.15, 0.2) is 0 Å². The molecular weight excluding hydrogens is 438 g/mol. The Morgan fingerprint density at radius 1 is 1.50 bits per heavy atom. The van der Waals surface area contributed by atoms with E-state index in [-0.39, 0.29) is 5.70 Å². The van der Waals surface area contributed by atoms with E-state index in [1.54, 1.807) is 25.1 Å². The molecule has 0 aliphatic rings. The summed E-state index contributed by atoms with van der Waals surface area (Å²) < 4.78 is 3.23. The number of aryl methyl sites for hydroxylation is 1. The molecule has 7 heteroatoms. The number of hydrogen-bond donors (Lipinski definition) is 0. The van der Waals surface area contributed by atoms with Crippen molar-refractivity contribution >= 4 is 28.3 Å². The van der Waals surface area contributed by atoms with Crippen molar-refractivity contribution in [1.29, 1.82) is 0 Å². The first kappa shape index (κ1) is 13.5. The van der Waals surface area contributed by atoms with E-state index in [0.717, 1.165) is 5.56 Å². The van der Waals surface area contributed by atoms with Crippen molar-refractivity contribution in [3.05, 3.63) is 52.0 Å². The summed E-state index contributed by atoms with van der Waals surface area (Å²) >= 11 is 0.679. The summed E-state index contributed by atoms with van der Waals surface area (Å²) in [4.78, 5) is 20.7. The summed E-state index contributed by atoms with van der Waals surface area (Å²) in [6.07, 6.45) is 0. The number of hydrogen-bond acceptors (Lipinski definition) is 4. The predicted octanol–water partition coefficient (Wildman–Crippen LogP) is 0.103. The molecule has 0 heterocycles. The second kappa shape index (κ2) is 6.23. The van der Waals surface area contributed by atoms with Crippen LogP contribution in [-0.2, 0) is 0 Å². The van der Waals surface area contributed by atoms with Crippen molar-refractivity contribution in [2.75, 3.05) is 0 Å². The molecule has 0 unspecified atom stereocenters. The van der Waals surface area contributed by atoms with Crippen LogP contribution in [0.15, 0.2) is 29.2 Å². The summed E-state index contributed by atoms with van der Waals surface area (Å²) in [5, 5.41) is 11.0. The average Bonchev–Trinajstić information content (AvgIpc) is 2.21. The number of halogens is 2. The van der Waals surface area contributed by atoms with Crippen LogP contribution >= 0.6 is 22.6 Å². The van der Waals surface area contributed by atoms with E-state index in [1.807, 2.05) is 28.7 Å². The maximum atomic E-state index is 11.0. The van der Waals surface area contributed by atoms with Crippen LogP contribution < -0.4 is 21.5 Å². The Labute approximate surface area is 116 Å². The molecule has 0 aliphatic heterocycles. The second-order valence-corrected chi connectivity index (χ2v) is 7.93. The molecule has 0 radical (unpaired) electrons. The normalized spacial score (nSPS) is 12.1. The van der Waals surface area contributed by atoms with Crippen LogP contribution in [0, 0.1) is 21.9 Å². The molecule has 86 valence electrons. The van der Waals surface area contributed by atoms with Crippen LogP contribution in [0.4, 0.5) is 0 Å². The molecule has 0 saturated carbocycles. The molecule has 0 aliphatic carbocycles. The fourth-order valence-corrected chi connectivity index (χ4v) is 3.05. The first-order valence-corrected chi connectivity index (χ1v) is 7.27. The Kier molecular flexibility index (Phi) is 5.25. The molecule has 0 N–H and O–H groups in total. The second-order valence-electron chi connectivity index (χ2n) is 2.83. The van der Waals surface area contributed by atoms with E-state index in [0.29, 0.717) is 7.15 Å². The molecule has 5 nitrogen and oxygen atoms in total. The molecule has 0 aromatic heterocycles. The number of benzene rings is 1. The van der Waals surface area contributed by atoms with Crippen LogP contribution in [-0.4, -0.2) is 4.92 Å². The zero-order valence-corrected chi connectivity index (χ0v) is 12.5. The molecule has 0 fully saturated rings. The molecule has 1 rings (SSSR count). The van der Waals surface area contributed by atoms with Gasteiger partial charge in [0.1, 0.15) is 0 Å². The minimum absolute atomic E-state index is 0.00565. The SMILES string of the molecule is Cc1ccccc1/C(=C(/I)[I-]N=O)[N+](=O)[O-]. The van der Waals surface area contributed by atoms with Crippen molar-refractivity contribution in [2.45, 2.75) is 6.92 Å². The Balaban J connectivity index is 3.34. The Morgan fingerprint density at radius 3 is 2.62 bits per heavy atom. The fourth-order valence-electron chi connectivity index (χ4n) is 1.18. The molecule has 1 aromatic rings. The van der Waals surface area contributed by atoms with Gasteiger partial charge in [0.2, 0.25) is 0 Å². The van der Waals surface area contributed by atoms with Crippen molar-refractivity contribution in [2.24, 2.45) is 3.39 Å². The third-order valence-corrected chi connectivity index (χ3v) is 4.74. The van der Waals surface area contributed by atoms with Gasteiger partial charge >= 0.3 is 117 Å². The van der Waals surface area contributed by atoms with Crippen LogP contribution in [0.1, 0.15) is 11.1 Å². The van der Waals surface area contributed by atoms with Gasteiger partial charge in [0.25, 0.3) is 0 Å². The predicted molar refractivity (Wildman–Crippen MR) is 64.9 cm³/mol. The van der Waals surface area contributed by atoms with E-state index in [1.165, 1.54) is 0 Å². The average molecular weight is 445 g/mol. The minimum atomic E-state index is -1.15. The third-order valence-electron chi connectivity index (χ3n) is 1.87. The van der Waals surface area contributed by atoms with Crippen molar-refractivity contribution in [3.8, 4) is 0 Å². The van der Waals surface area contributed by atoms with Crippen molar-refractivity contribution < 1.29 is 26.4 Å². The van der Waals surface area contributed by atoms with E-state index >= 15 is 0 Å². The monoisotopic (exact) mass is 445 g/mol. The zero-order valence-electron chi connectivity index (χ0n) is 8.18. The van der Waals surface area contributed by atoms with Gasteiger partial charge in [-0.15, -0.1) is 0 Å². The number of nitrogens with zero attached hydrogens (tertiary/aromatic N) is 2.